The number of anilines is 1. The number of amides is 2. The molecule has 1 N–H and O–H groups in total. The molecule has 3 rings (SSSR count). The van der Waals surface area contributed by atoms with Gasteiger partial charge in [-0.25, -0.2) is 4.79 Å². The third-order valence-corrected chi connectivity index (χ3v) is 5.20. The third-order valence-electron chi connectivity index (χ3n) is 4.83. The van der Waals surface area contributed by atoms with Gasteiger partial charge in [-0.3, -0.25) is 0 Å². The van der Waals surface area contributed by atoms with Crippen molar-refractivity contribution >= 4 is 23.3 Å². The largest absolute Gasteiger partial charge is 0.345 e. The summed E-state index contributed by atoms with van der Waals surface area (Å²) in [5.74, 6) is 0.365. The van der Waals surface area contributed by atoms with E-state index in [-0.39, 0.29) is 6.03 Å². The van der Waals surface area contributed by atoms with Crippen LogP contribution in [0.2, 0.25) is 5.02 Å². The molecule has 0 bridgehead atoms. The Morgan fingerprint density at radius 2 is 1.79 bits per heavy atom. The van der Waals surface area contributed by atoms with Gasteiger partial charge in [0.25, 0.3) is 0 Å². The molecule has 0 saturated carbocycles. The van der Waals surface area contributed by atoms with E-state index in [0.29, 0.717) is 25.6 Å². The van der Waals surface area contributed by atoms with Crippen molar-refractivity contribution in [2.24, 2.45) is 5.92 Å². The first kappa shape index (κ1) is 21.0. The second-order valence-corrected chi connectivity index (χ2v) is 8.15. The molecule has 2 aromatic carbocycles. The fraction of sp³-hybridized carbons (Fsp3) is 0.292. The maximum atomic E-state index is 13.0. The molecule has 5 heteroatoms. The Morgan fingerprint density at radius 3 is 2.52 bits per heavy atom. The maximum absolute atomic E-state index is 13.0. The fourth-order valence-electron chi connectivity index (χ4n) is 3.32. The van der Waals surface area contributed by atoms with E-state index in [4.69, 9.17) is 11.6 Å². The number of aryl methyl sites for hydroxylation is 1. The molecule has 0 aliphatic heterocycles. The lowest BCUT2D eigenvalue weighted by Crippen LogP contribution is -2.37. The van der Waals surface area contributed by atoms with Crippen molar-refractivity contribution in [3.05, 3.63) is 88.7 Å². The molecule has 0 aliphatic carbocycles. The predicted octanol–water partition coefficient (Wildman–Crippen LogP) is 6.19. The quantitative estimate of drug-likeness (QED) is 0.496. The van der Waals surface area contributed by atoms with Crippen LogP contribution < -0.4 is 5.32 Å². The standard InChI is InChI=1S/C24H28ClN3O/c1-18(2)15-28(24(29)26-23-13-7-4-9-19(23)3)17-21-11-8-14-27(21)16-20-10-5-6-12-22(20)25/h4-14,18H,15-17H2,1-3H3,(H,26,29). The number of urea groups is 1. The number of nitrogens with one attached hydrogen (secondary N) is 1. The van der Waals surface area contributed by atoms with Gasteiger partial charge in [0.05, 0.1) is 6.54 Å². The molecule has 0 fully saturated rings. The Morgan fingerprint density at radius 1 is 1.07 bits per heavy atom. The molecule has 2 amide bonds. The van der Waals surface area contributed by atoms with Crippen LogP contribution >= 0.6 is 11.6 Å². The molecule has 152 valence electrons. The lowest BCUT2D eigenvalue weighted by molar-refractivity contribution is 0.200. The summed E-state index contributed by atoms with van der Waals surface area (Å²) < 4.78 is 2.15. The van der Waals surface area contributed by atoms with Gasteiger partial charge < -0.3 is 14.8 Å². The Hall–Kier alpha value is -2.72. The van der Waals surface area contributed by atoms with Gasteiger partial charge in [0, 0.05) is 35.7 Å². The minimum Gasteiger partial charge on any atom is -0.345 e. The molecule has 0 atom stereocenters. The topological polar surface area (TPSA) is 37.3 Å². The van der Waals surface area contributed by atoms with Crippen LogP contribution in [0.25, 0.3) is 0 Å². The predicted molar refractivity (Wildman–Crippen MR) is 120 cm³/mol. The molecule has 0 radical (unpaired) electrons. The van der Waals surface area contributed by atoms with Crippen LogP contribution in [0.1, 0.15) is 30.7 Å². The SMILES string of the molecule is Cc1ccccc1NC(=O)N(Cc1cccn1Cc1ccccc1Cl)CC(C)C. The van der Waals surface area contributed by atoms with Crippen LogP contribution in [0.4, 0.5) is 10.5 Å². The molecular formula is C24H28ClN3O. The van der Waals surface area contributed by atoms with E-state index in [0.717, 1.165) is 27.5 Å². The summed E-state index contributed by atoms with van der Waals surface area (Å²) >= 11 is 6.34. The molecule has 29 heavy (non-hydrogen) atoms. The molecule has 0 unspecified atom stereocenters. The molecule has 1 heterocycles. The summed E-state index contributed by atoms with van der Waals surface area (Å²) in [4.78, 5) is 14.9. The van der Waals surface area contributed by atoms with Crippen molar-refractivity contribution in [3.63, 3.8) is 0 Å². The number of nitrogens with zero attached hydrogens (tertiary/aromatic N) is 2. The van der Waals surface area contributed by atoms with E-state index in [1.165, 1.54) is 0 Å². The molecule has 4 nitrogen and oxygen atoms in total. The number of para-hydroxylation sites is 1. The summed E-state index contributed by atoms with van der Waals surface area (Å²) in [6.07, 6.45) is 2.03. The zero-order valence-corrected chi connectivity index (χ0v) is 18.0. The number of rotatable bonds is 7. The van der Waals surface area contributed by atoms with Crippen LogP contribution in [0.5, 0.6) is 0 Å². The number of benzene rings is 2. The first-order valence-electron chi connectivity index (χ1n) is 9.93. The molecular weight excluding hydrogens is 382 g/mol. The van der Waals surface area contributed by atoms with E-state index in [1.54, 1.807) is 0 Å². The van der Waals surface area contributed by atoms with E-state index < -0.39 is 0 Å². The monoisotopic (exact) mass is 409 g/mol. The number of carbonyl (C=O) groups is 1. The zero-order chi connectivity index (χ0) is 20.8. The van der Waals surface area contributed by atoms with Crippen molar-refractivity contribution in [3.8, 4) is 0 Å². The van der Waals surface area contributed by atoms with Gasteiger partial charge in [-0.2, -0.15) is 0 Å². The lowest BCUT2D eigenvalue weighted by Gasteiger charge is -2.26. The minimum atomic E-state index is -0.0847. The third kappa shape index (κ3) is 5.64. The van der Waals surface area contributed by atoms with Gasteiger partial charge in [0.2, 0.25) is 0 Å². The lowest BCUT2D eigenvalue weighted by atomic mass is 10.2. The summed E-state index contributed by atoms with van der Waals surface area (Å²) in [7, 11) is 0. The Balaban J connectivity index is 1.77. The van der Waals surface area contributed by atoms with Crippen molar-refractivity contribution in [2.75, 3.05) is 11.9 Å². The average molecular weight is 410 g/mol. The van der Waals surface area contributed by atoms with Crippen molar-refractivity contribution in [2.45, 2.75) is 33.9 Å². The molecule has 3 aromatic rings. The van der Waals surface area contributed by atoms with Gasteiger partial charge in [0.15, 0.2) is 0 Å². The zero-order valence-electron chi connectivity index (χ0n) is 17.2. The van der Waals surface area contributed by atoms with Crippen LogP contribution in [-0.2, 0) is 13.1 Å². The molecule has 0 saturated heterocycles. The summed E-state index contributed by atoms with van der Waals surface area (Å²) in [6, 6.07) is 19.7. The highest BCUT2D eigenvalue weighted by Crippen LogP contribution is 2.19. The number of hydrogen-bond donors (Lipinski definition) is 1. The van der Waals surface area contributed by atoms with Crippen LogP contribution in [0.15, 0.2) is 66.9 Å². The second-order valence-electron chi connectivity index (χ2n) is 7.74. The van der Waals surface area contributed by atoms with E-state index >= 15 is 0 Å². The summed E-state index contributed by atoms with van der Waals surface area (Å²) in [5.41, 5.74) is 4.03. The highest BCUT2D eigenvalue weighted by molar-refractivity contribution is 6.31. The highest BCUT2D eigenvalue weighted by Gasteiger charge is 2.18. The Labute approximate surface area is 178 Å². The summed E-state index contributed by atoms with van der Waals surface area (Å²) in [5, 5.41) is 3.82. The highest BCUT2D eigenvalue weighted by atomic mass is 35.5. The minimum absolute atomic E-state index is 0.0847. The van der Waals surface area contributed by atoms with Gasteiger partial charge >= 0.3 is 6.03 Å². The van der Waals surface area contributed by atoms with Crippen molar-refractivity contribution in [1.82, 2.24) is 9.47 Å². The fourth-order valence-corrected chi connectivity index (χ4v) is 3.52. The van der Waals surface area contributed by atoms with Crippen LogP contribution in [0, 0.1) is 12.8 Å². The van der Waals surface area contributed by atoms with Gasteiger partial charge in [-0.15, -0.1) is 0 Å². The van der Waals surface area contributed by atoms with Crippen LogP contribution in [-0.4, -0.2) is 22.0 Å². The van der Waals surface area contributed by atoms with E-state index in [1.807, 2.05) is 72.6 Å². The van der Waals surface area contributed by atoms with E-state index in [9.17, 15) is 4.79 Å². The van der Waals surface area contributed by atoms with Gasteiger partial charge in [-0.1, -0.05) is 61.8 Å². The number of hydrogen-bond acceptors (Lipinski definition) is 1. The Kier molecular flexibility index (Phi) is 6.99. The molecule has 0 spiro atoms. The number of carbonyl (C=O) groups excluding carboxylic acids is 1. The average Bonchev–Trinajstić information content (AvgIpc) is 3.11. The van der Waals surface area contributed by atoms with Crippen LogP contribution in [0.3, 0.4) is 0 Å². The first-order chi connectivity index (χ1) is 13.9. The molecule has 0 aliphatic rings. The Bertz CT molecular complexity index is 964. The van der Waals surface area contributed by atoms with Gasteiger partial charge in [0.1, 0.15) is 0 Å². The van der Waals surface area contributed by atoms with E-state index in [2.05, 4.69) is 29.8 Å². The summed E-state index contributed by atoms with van der Waals surface area (Å²) in [6.45, 7) is 8.13. The molecule has 1 aromatic heterocycles. The maximum Gasteiger partial charge on any atom is 0.322 e. The number of aromatic nitrogens is 1. The second kappa shape index (κ2) is 9.66. The first-order valence-corrected chi connectivity index (χ1v) is 10.3. The smallest absolute Gasteiger partial charge is 0.322 e. The normalized spacial score (nSPS) is 10.9. The van der Waals surface area contributed by atoms with Crippen molar-refractivity contribution < 1.29 is 4.79 Å². The van der Waals surface area contributed by atoms with Crippen molar-refractivity contribution in [1.29, 1.82) is 0 Å². The van der Waals surface area contributed by atoms with Gasteiger partial charge in [-0.05, 0) is 48.2 Å². The number of halogens is 1.